The molecule has 0 fully saturated rings. The van der Waals surface area contributed by atoms with E-state index in [1.807, 2.05) is 0 Å². The lowest BCUT2D eigenvalue weighted by Gasteiger charge is -2.24. The Labute approximate surface area is 124 Å². The molecule has 0 radical (unpaired) electrons. The normalized spacial score (nSPS) is 13.7. The third-order valence-corrected chi connectivity index (χ3v) is 4.24. The Bertz CT molecular complexity index is 651. The molecule has 0 amide bonds. The first-order chi connectivity index (χ1) is 9.93. The maximum atomic E-state index is 13.6. The largest absolute Gasteiger partial charge is 0.480 e. The van der Waals surface area contributed by atoms with Crippen LogP contribution < -0.4 is 5.73 Å². The van der Waals surface area contributed by atoms with Crippen molar-refractivity contribution in [2.45, 2.75) is 10.4 Å². The van der Waals surface area contributed by atoms with Crippen LogP contribution in [0.1, 0.15) is 5.56 Å². The fourth-order valence-corrected chi connectivity index (χ4v) is 2.86. The molecule has 0 aliphatic carbocycles. The molecule has 3 nitrogen and oxygen atoms in total. The van der Waals surface area contributed by atoms with Crippen molar-refractivity contribution < 1.29 is 18.7 Å². The van der Waals surface area contributed by atoms with Crippen molar-refractivity contribution in [2.75, 3.05) is 5.75 Å². The molecule has 0 spiro atoms. The van der Waals surface area contributed by atoms with Gasteiger partial charge >= 0.3 is 5.97 Å². The number of thioether (sulfide) groups is 1. The number of nitrogens with two attached hydrogens (primary N) is 1. The molecule has 0 aromatic heterocycles. The zero-order valence-corrected chi connectivity index (χ0v) is 11.7. The first-order valence-electron chi connectivity index (χ1n) is 6.09. The minimum atomic E-state index is -1.68. The number of halogens is 2. The second-order valence-corrected chi connectivity index (χ2v) is 5.52. The highest BCUT2D eigenvalue weighted by Gasteiger charge is 2.36. The molecular weight excluding hydrogens is 296 g/mol. The smallest absolute Gasteiger partial charge is 0.329 e. The maximum Gasteiger partial charge on any atom is 0.329 e. The van der Waals surface area contributed by atoms with E-state index in [9.17, 15) is 18.7 Å². The van der Waals surface area contributed by atoms with E-state index >= 15 is 0 Å². The highest BCUT2D eigenvalue weighted by atomic mass is 32.2. The fourth-order valence-electron chi connectivity index (χ4n) is 1.78. The zero-order chi connectivity index (χ0) is 15.5. The minimum Gasteiger partial charge on any atom is -0.480 e. The summed E-state index contributed by atoms with van der Waals surface area (Å²) in [6.45, 7) is 0. The number of benzene rings is 2. The monoisotopic (exact) mass is 309 g/mol. The summed E-state index contributed by atoms with van der Waals surface area (Å²) in [6, 6.07) is 11.3. The molecule has 1 atom stereocenters. The van der Waals surface area contributed by atoms with Crippen LogP contribution in [-0.4, -0.2) is 16.8 Å². The van der Waals surface area contributed by atoms with Crippen LogP contribution in [0.4, 0.5) is 8.78 Å². The average molecular weight is 309 g/mol. The fraction of sp³-hybridized carbons (Fsp3) is 0.133. The zero-order valence-electron chi connectivity index (χ0n) is 10.9. The third kappa shape index (κ3) is 3.40. The topological polar surface area (TPSA) is 63.3 Å². The Morgan fingerprint density at radius 3 is 2.48 bits per heavy atom. The quantitative estimate of drug-likeness (QED) is 0.834. The highest BCUT2D eigenvalue weighted by molar-refractivity contribution is 7.99. The summed E-state index contributed by atoms with van der Waals surface area (Å²) in [5, 5.41) is 9.38. The standard InChI is InChI=1S/C15H13F2NO2S/c16-11-6-7-12(17)13(8-11)21-9-15(18,14(19)20)10-4-2-1-3-5-10/h1-8H,9,18H2,(H,19,20). The van der Waals surface area contributed by atoms with Crippen LogP contribution in [0.5, 0.6) is 0 Å². The molecule has 2 rings (SSSR count). The van der Waals surface area contributed by atoms with Crippen LogP contribution >= 0.6 is 11.8 Å². The van der Waals surface area contributed by atoms with Crippen molar-refractivity contribution in [1.82, 2.24) is 0 Å². The number of carboxylic acids is 1. The molecule has 6 heteroatoms. The van der Waals surface area contributed by atoms with Gasteiger partial charge in [-0.3, -0.25) is 0 Å². The summed E-state index contributed by atoms with van der Waals surface area (Å²) in [4.78, 5) is 11.5. The van der Waals surface area contributed by atoms with Gasteiger partial charge in [-0.2, -0.15) is 0 Å². The van der Waals surface area contributed by atoms with Gasteiger partial charge < -0.3 is 10.8 Å². The van der Waals surface area contributed by atoms with Gasteiger partial charge in [0.15, 0.2) is 0 Å². The predicted octanol–water partition coefficient (Wildman–Crippen LogP) is 3.00. The molecule has 0 heterocycles. The molecule has 0 bridgehead atoms. The summed E-state index contributed by atoms with van der Waals surface area (Å²) in [5.41, 5.74) is 4.69. The van der Waals surface area contributed by atoms with Gasteiger partial charge in [-0.15, -0.1) is 11.8 Å². The van der Waals surface area contributed by atoms with E-state index in [1.54, 1.807) is 30.3 Å². The molecule has 2 aromatic carbocycles. The minimum absolute atomic E-state index is 0.0296. The van der Waals surface area contributed by atoms with E-state index in [0.29, 0.717) is 5.56 Å². The molecule has 0 aliphatic heterocycles. The summed E-state index contributed by atoms with van der Waals surface area (Å²) in [6.07, 6.45) is 0. The lowest BCUT2D eigenvalue weighted by atomic mass is 9.93. The van der Waals surface area contributed by atoms with E-state index in [4.69, 9.17) is 5.73 Å². The van der Waals surface area contributed by atoms with Gasteiger partial charge in [-0.25, -0.2) is 13.6 Å². The van der Waals surface area contributed by atoms with Crippen molar-refractivity contribution >= 4 is 17.7 Å². The lowest BCUT2D eigenvalue weighted by Crippen LogP contribution is -2.47. The molecule has 1 unspecified atom stereocenters. The predicted molar refractivity (Wildman–Crippen MR) is 77.0 cm³/mol. The van der Waals surface area contributed by atoms with Gasteiger partial charge in [0.05, 0.1) is 0 Å². The summed E-state index contributed by atoms with van der Waals surface area (Å²) >= 11 is 0.870. The number of hydrogen-bond donors (Lipinski definition) is 2. The molecule has 0 saturated carbocycles. The Kier molecular flexibility index (Phi) is 4.59. The molecule has 110 valence electrons. The van der Waals surface area contributed by atoms with Crippen LogP contribution in [0.25, 0.3) is 0 Å². The second-order valence-electron chi connectivity index (χ2n) is 4.51. The molecule has 2 aromatic rings. The van der Waals surface area contributed by atoms with E-state index < -0.39 is 23.1 Å². The van der Waals surface area contributed by atoms with Crippen molar-refractivity contribution in [2.24, 2.45) is 5.73 Å². The second kappa shape index (κ2) is 6.24. The van der Waals surface area contributed by atoms with E-state index in [2.05, 4.69) is 0 Å². The number of carbonyl (C=O) groups is 1. The van der Waals surface area contributed by atoms with Crippen LogP contribution in [0.15, 0.2) is 53.4 Å². The van der Waals surface area contributed by atoms with Gasteiger partial charge in [0, 0.05) is 10.6 Å². The van der Waals surface area contributed by atoms with E-state index in [1.165, 1.54) is 0 Å². The number of carboxylic acid groups (broad SMARTS) is 1. The van der Waals surface area contributed by atoms with Crippen LogP contribution in [0.2, 0.25) is 0 Å². The first-order valence-corrected chi connectivity index (χ1v) is 7.08. The Hall–Kier alpha value is -1.92. The molecule has 3 N–H and O–H groups in total. The van der Waals surface area contributed by atoms with Crippen LogP contribution in [0, 0.1) is 11.6 Å². The number of rotatable bonds is 5. The van der Waals surface area contributed by atoms with E-state index in [-0.39, 0.29) is 10.6 Å². The number of hydrogen-bond acceptors (Lipinski definition) is 3. The Balaban J connectivity index is 2.26. The van der Waals surface area contributed by atoms with E-state index in [0.717, 1.165) is 30.0 Å². The first kappa shape index (κ1) is 15.5. The third-order valence-electron chi connectivity index (χ3n) is 3.02. The molecular formula is C15H13F2NO2S. The Morgan fingerprint density at radius 2 is 1.86 bits per heavy atom. The molecule has 0 saturated heterocycles. The van der Waals surface area contributed by atoms with Crippen LogP contribution in [0.3, 0.4) is 0 Å². The van der Waals surface area contributed by atoms with Gasteiger partial charge in [-0.1, -0.05) is 30.3 Å². The van der Waals surface area contributed by atoms with Crippen molar-refractivity contribution in [1.29, 1.82) is 0 Å². The number of aliphatic carboxylic acids is 1. The van der Waals surface area contributed by atoms with Crippen LogP contribution in [-0.2, 0) is 10.3 Å². The Morgan fingerprint density at radius 1 is 1.19 bits per heavy atom. The maximum absolute atomic E-state index is 13.6. The van der Waals surface area contributed by atoms with Gasteiger partial charge in [0.25, 0.3) is 0 Å². The molecule has 0 aliphatic rings. The van der Waals surface area contributed by atoms with Gasteiger partial charge in [-0.05, 0) is 23.8 Å². The van der Waals surface area contributed by atoms with Crippen molar-refractivity contribution in [3.05, 3.63) is 65.7 Å². The van der Waals surface area contributed by atoms with Crippen molar-refractivity contribution in [3.63, 3.8) is 0 Å². The van der Waals surface area contributed by atoms with Gasteiger partial charge in [0.1, 0.15) is 17.2 Å². The average Bonchev–Trinajstić information content (AvgIpc) is 2.48. The summed E-state index contributed by atoms with van der Waals surface area (Å²) in [5.74, 6) is -2.54. The van der Waals surface area contributed by atoms with Gasteiger partial charge in [0.2, 0.25) is 0 Å². The lowest BCUT2D eigenvalue weighted by molar-refractivity contribution is -0.142. The SMILES string of the molecule is NC(CSc1cc(F)ccc1F)(C(=O)O)c1ccccc1. The summed E-state index contributed by atoms with van der Waals surface area (Å²) in [7, 11) is 0. The summed E-state index contributed by atoms with van der Waals surface area (Å²) < 4.78 is 26.7. The molecule has 21 heavy (non-hydrogen) atoms. The highest BCUT2D eigenvalue weighted by Crippen LogP contribution is 2.30. The van der Waals surface area contributed by atoms with Crippen molar-refractivity contribution in [3.8, 4) is 0 Å².